The van der Waals surface area contributed by atoms with Gasteiger partial charge in [0.2, 0.25) is 0 Å². The molecule has 7 heteroatoms. The maximum absolute atomic E-state index is 13.0. The van der Waals surface area contributed by atoms with Crippen LogP contribution >= 0.6 is 27.7 Å². The van der Waals surface area contributed by atoms with Crippen molar-refractivity contribution in [3.8, 4) is 5.69 Å². The Morgan fingerprint density at radius 1 is 1.07 bits per heavy atom. The van der Waals surface area contributed by atoms with Crippen molar-refractivity contribution in [2.45, 2.75) is 0 Å². The van der Waals surface area contributed by atoms with E-state index in [9.17, 15) is 9.18 Å². The largest absolute Gasteiger partial charge is 0.317 e. The molecule has 1 aliphatic heterocycles. The SMILES string of the molecule is O=C1NC(=Nc2ccc(F)cc2)S/C1=C\c1cccn1-c1ccc(Br)cc1. The summed E-state index contributed by atoms with van der Waals surface area (Å²) in [5.74, 6) is -0.527. The summed E-state index contributed by atoms with van der Waals surface area (Å²) >= 11 is 4.69. The molecule has 0 spiro atoms. The third-order valence-electron chi connectivity index (χ3n) is 3.87. The first kappa shape index (κ1) is 17.8. The first-order valence-corrected chi connectivity index (χ1v) is 9.68. The van der Waals surface area contributed by atoms with E-state index in [2.05, 4.69) is 26.2 Å². The zero-order valence-electron chi connectivity index (χ0n) is 13.9. The monoisotopic (exact) mass is 441 g/mol. The van der Waals surface area contributed by atoms with Gasteiger partial charge in [0, 0.05) is 22.1 Å². The van der Waals surface area contributed by atoms with Crippen LogP contribution in [0.5, 0.6) is 0 Å². The Kier molecular flexibility index (Phi) is 4.96. The average molecular weight is 442 g/mol. The predicted molar refractivity (Wildman–Crippen MR) is 111 cm³/mol. The van der Waals surface area contributed by atoms with Crippen molar-refractivity contribution in [3.05, 3.63) is 87.7 Å². The van der Waals surface area contributed by atoms with Gasteiger partial charge in [-0.3, -0.25) is 4.79 Å². The number of rotatable bonds is 3. The van der Waals surface area contributed by atoms with Gasteiger partial charge in [-0.1, -0.05) is 15.9 Å². The zero-order chi connectivity index (χ0) is 18.8. The highest BCUT2D eigenvalue weighted by Gasteiger charge is 2.24. The number of halogens is 2. The molecule has 1 aliphatic rings. The van der Waals surface area contributed by atoms with Crippen LogP contribution < -0.4 is 5.32 Å². The number of nitrogens with one attached hydrogen (secondary N) is 1. The summed E-state index contributed by atoms with van der Waals surface area (Å²) in [7, 11) is 0. The van der Waals surface area contributed by atoms with E-state index in [0.29, 0.717) is 15.8 Å². The Bertz CT molecular complexity index is 1060. The molecule has 2 aromatic carbocycles. The van der Waals surface area contributed by atoms with Crippen molar-refractivity contribution in [3.63, 3.8) is 0 Å². The van der Waals surface area contributed by atoms with Gasteiger partial charge in [0.1, 0.15) is 5.82 Å². The zero-order valence-corrected chi connectivity index (χ0v) is 16.3. The van der Waals surface area contributed by atoms with Gasteiger partial charge in [-0.2, -0.15) is 0 Å². The van der Waals surface area contributed by atoms with Gasteiger partial charge in [-0.15, -0.1) is 0 Å². The number of aliphatic imine (C=N–C) groups is 1. The highest BCUT2D eigenvalue weighted by atomic mass is 79.9. The minimum absolute atomic E-state index is 0.204. The molecule has 134 valence electrons. The summed E-state index contributed by atoms with van der Waals surface area (Å²) in [6.07, 6.45) is 3.77. The molecule has 1 saturated heterocycles. The maximum Gasteiger partial charge on any atom is 0.264 e. The summed E-state index contributed by atoms with van der Waals surface area (Å²) in [6.45, 7) is 0. The van der Waals surface area contributed by atoms with Crippen molar-refractivity contribution in [1.29, 1.82) is 0 Å². The van der Waals surface area contributed by atoms with E-state index in [1.54, 1.807) is 12.1 Å². The molecular weight excluding hydrogens is 429 g/mol. The molecule has 1 aromatic heterocycles. The molecule has 0 saturated carbocycles. The number of nitrogens with zero attached hydrogens (tertiary/aromatic N) is 2. The second-order valence-electron chi connectivity index (χ2n) is 5.74. The normalized spacial score (nSPS) is 16.9. The number of thioether (sulfide) groups is 1. The Labute approximate surface area is 167 Å². The lowest BCUT2D eigenvalue weighted by Gasteiger charge is -2.07. The van der Waals surface area contributed by atoms with E-state index in [1.165, 1.54) is 23.9 Å². The predicted octanol–water partition coefficient (Wildman–Crippen LogP) is 5.27. The molecule has 0 aliphatic carbocycles. The lowest BCUT2D eigenvalue weighted by Crippen LogP contribution is -2.19. The summed E-state index contributed by atoms with van der Waals surface area (Å²) < 4.78 is 16.0. The Hall–Kier alpha value is -2.64. The lowest BCUT2D eigenvalue weighted by atomic mass is 10.3. The Balaban J connectivity index is 1.60. The molecule has 0 radical (unpaired) electrons. The van der Waals surface area contributed by atoms with Crippen LogP contribution in [0.2, 0.25) is 0 Å². The van der Waals surface area contributed by atoms with Crippen molar-refractivity contribution >= 4 is 50.5 Å². The number of hydrogen-bond donors (Lipinski definition) is 1. The summed E-state index contributed by atoms with van der Waals surface area (Å²) in [4.78, 5) is 17.2. The topological polar surface area (TPSA) is 46.4 Å². The van der Waals surface area contributed by atoms with Gasteiger partial charge in [0.05, 0.1) is 10.6 Å². The number of hydrogen-bond acceptors (Lipinski definition) is 3. The number of carbonyl (C=O) groups excluding carboxylic acids is 1. The number of carbonyl (C=O) groups is 1. The van der Waals surface area contributed by atoms with Gasteiger partial charge < -0.3 is 9.88 Å². The number of amides is 1. The van der Waals surface area contributed by atoms with Crippen LogP contribution in [0.1, 0.15) is 5.69 Å². The fraction of sp³-hybridized carbons (Fsp3) is 0. The smallest absolute Gasteiger partial charge is 0.264 e. The third-order valence-corrected chi connectivity index (χ3v) is 5.31. The number of aromatic nitrogens is 1. The van der Waals surface area contributed by atoms with Crippen molar-refractivity contribution in [1.82, 2.24) is 9.88 Å². The van der Waals surface area contributed by atoms with Gasteiger partial charge in [0.25, 0.3) is 5.91 Å². The Morgan fingerprint density at radius 2 is 1.81 bits per heavy atom. The van der Waals surface area contributed by atoms with E-state index >= 15 is 0 Å². The second kappa shape index (κ2) is 7.54. The van der Waals surface area contributed by atoms with Crippen LogP contribution in [0.3, 0.4) is 0 Å². The van der Waals surface area contributed by atoms with Crippen molar-refractivity contribution < 1.29 is 9.18 Å². The van der Waals surface area contributed by atoms with Gasteiger partial charge in [0.15, 0.2) is 5.17 Å². The van der Waals surface area contributed by atoms with Crippen LogP contribution in [-0.4, -0.2) is 15.6 Å². The van der Waals surface area contributed by atoms with Crippen molar-refractivity contribution in [2.75, 3.05) is 0 Å². The van der Waals surface area contributed by atoms with Crippen LogP contribution in [0.15, 0.2) is 81.2 Å². The molecule has 1 N–H and O–H groups in total. The van der Waals surface area contributed by atoms with Crippen LogP contribution in [0, 0.1) is 5.82 Å². The van der Waals surface area contributed by atoms with Gasteiger partial charge in [-0.05, 0) is 78.5 Å². The van der Waals surface area contributed by atoms with Crippen LogP contribution in [0.25, 0.3) is 11.8 Å². The summed E-state index contributed by atoms with van der Waals surface area (Å²) in [6, 6.07) is 17.6. The van der Waals surface area contributed by atoms with E-state index in [1.807, 2.05) is 53.2 Å². The molecule has 27 heavy (non-hydrogen) atoms. The van der Waals surface area contributed by atoms with Crippen LogP contribution in [-0.2, 0) is 4.79 Å². The highest BCUT2D eigenvalue weighted by molar-refractivity contribution is 9.10. The average Bonchev–Trinajstić information content (AvgIpc) is 3.25. The van der Waals surface area contributed by atoms with Crippen molar-refractivity contribution in [2.24, 2.45) is 4.99 Å². The highest BCUT2D eigenvalue weighted by Crippen LogP contribution is 2.29. The minimum Gasteiger partial charge on any atom is -0.317 e. The van der Waals surface area contributed by atoms with Gasteiger partial charge in [-0.25, -0.2) is 9.38 Å². The standard InChI is InChI=1S/C20H13BrFN3OS/c21-13-3-9-16(10-4-13)25-11-1-2-17(25)12-18-19(26)24-20(27-18)23-15-7-5-14(22)6-8-15/h1-12H,(H,23,24,26)/b18-12-. The summed E-state index contributed by atoms with van der Waals surface area (Å²) in [5, 5.41) is 3.21. The second-order valence-corrected chi connectivity index (χ2v) is 7.68. The molecule has 4 rings (SSSR count). The van der Waals surface area contributed by atoms with E-state index < -0.39 is 0 Å². The molecule has 0 bridgehead atoms. The third kappa shape index (κ3) is 4.04. The molecule has 3 aromatic rings. The Morgan fingerprint density at radius 3 is 2.56 bits per heavy atom. The minimum atomic E-state index is -0.323. The fourth-order valence-electron chi connectivity index (χ4n) is 2.60. The van der Waals surface area contributed by atoms with Crippen LogP contribution in [0.4, 0.5) is 10.1 Å². The van der Waals surface area contributed by atoms with E-state index in [4.69, 9.17) is 0 Å². The van der Waals surface area contributed by atoms with E-state index in [-0.39, 0.29) is 11.7 Å². The first-order chi connectivity index (χ1) is 13.1. The molecule has 4 nitrogen and oxygen atoms in total. The fourth-order valence-corrected chi connectivity index (χ4v) is 3.69. The molecule has 0 unspecified atom stereocenters. The maximum atomic E-state index is 13.0. The molecule has 1 fully saturated rings. The lowest BCUT2D eigenvalue weighted by molar-refractivity contribution is -0.115. The number of amidine groups is 1. The number of benzene rings is 2. The molecule has 1 amide bonds. The molecule has 2 heterocycles. The van der Waals surface area contributed by atoms with E-state index in [0.717, 1.165) is 15.9 Å². The molecule has 0 atom stereocenters. The first-order valence-electron chi connectivity index (χ1n) is 8.07. The quantitative estimate of drug-likeness (QED) is 0.562. The molecular formula is C20H13BrFN3OS. The van der Waals surface area contributed by atoms with Gasteiger partial charge >= 0.3 is 0 Å². The summed E-state index contributed by atoms with van der Waals surface area (Å²) in [5.41, 5.74) is 2.47.